The van der Waals surface area contributed by atoms with Crippen molar-refractivity contribution >= 4 is 23.1 Å². The van der Waals surface area contributed by atoms with Crippen LogP contribution in [0.25, 0.3) is 0 Å². The van der Waals surface area contributed by atoms with Gasteiger partial charge in [0.2, 0.25) is 0 Å². The number of aliphatic carboxylic acids is 1. The molecule has 1 heterocycles. The third-order valence-electron chi connectivity index (χ3n) is 1.73. The Morgan fingerprint density at radius 2 is 2.00 bits per heavy atom. The highest BCUT2D eigenvalue weighted by molar-refractivity contribution is 7.11. The lowest BCUT2D eigenvalue weighted by Crippen LogP contribution is -2.05. The quantitative estimate of drug-likeness (QED) is 0.774. The van der Waals surface area contributed by atoms with E-state index in [1.165, 1.54) is 11.3 Å². The average molecular weight is 213 g/mol. The fourth-order valence-corrected chi connectivity index (χ4v) is 1.96. The first-order valence-electron chi connectivity index (χ1n) is 4.19. The summed E-state index contributed by atoms with van der Waals surface area (Å²) in [6, 6.07) is 0. The minimum absolute atomic E-state index is 0.0271. The van der Waals surface area contributed by atoms with Crippen molar-refractivity contribution in [2.24, 2.45) is 0 Å². The maximum atomic E-state index is 11.5. The monoisotopic (exact) mass is 213 g/mol. The second kappa shape index (κ2) is 4.32. The predicted molar refractivity (Wildman–Crippen MR) is 52.8 cm³/mol. The first-order chi connectivity index (χ1) is 6.50. The number of rotatable bonds is 4. The van der Waals surface area contributed by atoms with Gasteiger partial charge in [0.1, 0.15) is 5.69 Å². The largest absolute Gasteiger partial charge is 0.481 e. The van der Waals surface area contributed by atoms with Gasteiger partial charge in [-0.1, -0.05) is 0 Å². The van der Waals surface area contributed by atoms with Crippen LogP contribution in [0.4, 0.5) is 0 Å². The van der Waals surface area contributed by atoms with Crippen LogP contribution in [0, 0.1) is 13.8 Å². The maximum Gasteiger partial charge on any atom is 0.303 e. The molecule has 0 bridgehead atoms. The topological polar surface area (TPSA) is 67.3 Å². The summed E-state index contributed by atoms with van der Waals surface area (Å²) >= 11 is 1.45. The summed E-state index contributed by atoms with van der Waals surface area (Å²) in [6.45, 7) is 3.64. The van der Waals surface area contributed by atoms with E-state index >= 15 is 0 Å². The molecule has 1 N–H and O–H groups in total. The van der Waals surface area contributed by atoms with E-state index in [0.717, 1.165) is 9.88 Å². The van der Waals surface area contributed by atoms with Crippen molar-refractivity contribution in [2.45, 2.75) is 26.7 Å². The molecule has 1 rings (SSSR count). The molecule has 0 aliphatic heterocycles. The highest BCUT2D eigenvalue weighted by Gasteiger charge is 2.14. The molecule has 0 saturated heterocycles. The van der Waals surface area contributed by atoms with Gasteiger partial charge in [0.05, 0.1) is 11.4 Å². The van der Waals surface area contributed by atoms with Gasteiger partial charge in [-0.3, -0.25) is 9.59 Å². The van der Waals surface area contributed by atoms with Gasteiger partial charge >= 0.3 is 5.97 Å². The standard InChI is InChI=1S/C9H11NO3S/c1-5-9(10-6(2)14-5)7(11)3-4-8(12)13/h3-4H2,1-2H3,(H,12,13). The summed E-state index contributed by atoms with van der Waals surface area (Å²) in [5.41, 5.74) is 0.425. The minimum Gasteiger partial charge on any atom is -0.481 e. The highest BCUT2D eigenvalue weighted by atomic mass is 32.1. The molecule has 14 heavy (non-hydrogen) atoms. The zero-order valence-electron chi connectivity index (χ0n) is 8.03. The van der Waals surface area contributed by atoms with Crippen LogP contribution in [0.3, 0.4) is 0 Å². The Morgan fingerprint density at radius 1 is 1.36 bits per heavy atom. The van der Waals surface area contributed by atoms with Crippen LogP contribution in [0.2, 0.25) is 0 Å². The lowest BCUT2D eigenvalue weighted by atomic mass is 10.1. The average Bonchev–Trinajstić information content (AvgIpc) is 2.41. The summed E-state index contributed by atoms with van der Waals surface area (Å²) in [5, 5.41) is 9.25. The number of aryl methyl sites for hydroxylation is 2. The van der Waals surface area contributed by atoms with E-state index in [-0.39, 0.29) is 18.6 Å². The van der Waals surface area contributed by atoms with Crippen LogP contribution in [0.15, 0.2) is 0 Å². The van der Waals surface area contributed by atoms with Gasteiger partial charge in [-0.05, 0) is 13.8 Å². The molecule has 0 fully saturated rings. The van der Waals surface area contributed by atoms with E-state index in [1.807, 2.05) is 13.8 Å². The molecule has 0 unspecified atom stereocenters. The molecule has 5 heteroatoms. The van der Waals surface area contributed by atoms with E-state index in [1.54, 1.807) is 0 Å². The summed E-state index contributed by atoms with van der Waals surface area (Å²) in [5.74, 6) is -1.14. The summed E-state index contributed by atoms with van der Waals surface area (Å²) in [4.78, 5) is 26.6. The molecule has 0 atom stereocenters. The number of carboxylic acid groups (broad SMARTS) is 1. The van der Waals surface area contributed by atoms with E-state index in [0.29, 0.717) is 5.69 Å². The fourth-order valence-electron chi connectivity index (χ4n) is 1.13. The Morgan fingerprint density at radius 3 is 2.43 bits per heavy atom. The molecule has 76 valence electrons. The number of hydrogen-bond donors (Lipinski definition) is 1. The van der Waals surface area contributed by atoms with Crippen molar-refractivity contribution in [1.29, 1.82) is 0 Å². The van der Waals surface area contributed by atoms with Gasteiger partial charge in [0.25, 0.3) is 0 Å². The number of carboxylic acids is 1. The summed E-state index contributed by atoms with van der Waals surface area (Å²) in [6.07, 6.45) is -0.103. The molecule has 0 spiro atoms. The van der Waals surface area contributed by atoms with E-state index in [4.69, 9.17) is 5.11 Å². The molecule has 0 saturated carbocycles. The number of carbonyl (C=O) groups excluding carboxylic acids is 1. The smallest absolute Gasteiger partial charge is 0.303 e. The van der Waals surface area contributed by atoms with Crippen LogP contribution < -0.4 is 0 Å². The molecular formula is C9H11NO3S. The van der Waals surface area contributed by atoms with Gasteiger partial charge in [0.15, 0.2) is 5.78 Å². The minimum atomic E-state index is -0.956. The number of nitrogens with zero attached hydrogens (tertiary/aromatic N) is 1. The predicted octanol–water partition coefficient (Wildman–Crippen LogP) is 1.81. The number of thiazole rings is 1. The Hall–Kier alpha value is -1.23. The van der Waals surface area contributed by atoms with Crippen LogP contribution in [0.1, 0.15) is 33.2 Å². The zero-order chi connectivity index (χ0) is 10.7. The second-order valence-electron chi connectivity index (χ2n) is 2.95. The Bertz CT molecular complexity index is 370. The molecule has 1 aromatic rings. The van der Waals surface area contributed by atoms with Crippen LogP contribution in [-0.4, -0.2) is 21.8 Å². The van der Waals surface area contributed by atoms with Gasteiger partial charge in [-0.25, -0.2) is 4.98 Å². The maximum absolute atomic E-state index is 11.5. The molecule has 4 nitrogen and oxygen atoms in total. The second-order valence-corrected chi connectivity index (χ2v) is 4.36. The van der Waals surface area contributed by atoms with E-state index in [2.05, 4.69) is 4.98 Å². The van der Waals surface area contributed by atoms with Crippen molar-refractivity contribution in [2.75, 3.05) is 0 Å². The SMILES string of the molecule is Cc1nc(C(=O)CCC(=O)O)c(C)s1. The molecule has 0 aromatic carbocycles. The van der Waals surface area contributed by atoms with Gasteiger partial charge < -0.3 is 5.11 Å². The number of aromatic nitrogens is 1. The Balaban J connectivity index is 2.69. The van der Waals surface area contributed by atoms with Crippen LogP contribution >= 0.6 is 11.3 Å². The molecule has 0 radical (unpaired) electrons. The van der Waals surface area contributed by atoms with Crippen molar-refractivity contribution in [3.05, 3.63) is 15.6 Å². The van der Waals surface area contributed by atoms with Crippen molar-refractivity contribution in [3.8, 4) is 0 Å². The van der Waals surface area contributed by atoms with E-state index < -0.39 is 5.97 Å². The van der Waals surface area contributed by atoms with Crippen molar-refractivity contribution in [1.82, 2.24) is 4.98 Å². The molecule has 0 aliphatic rings. The number of hydrogen-bond acceptors (Lipinski definition) is 4. The third kappa shape index (κ3) is 2.63. The van der Waals surface area contributed by atoms with Crippen LogP contribution in [-0.2, 0) is 4.79 Å². The fraction of sp³-hybridized carbons (Fsp3) is 0.444. The molecule has 0 aliphatic carbocycles. The van der Waals surface area contributed by atoms with Gasteiger partial charge in [0, 0.05) is 11.3 Å². The van der Waals surface area contributed by atoms with Crippen LogP contribution in [0.5, 0.6) is 0 Å². The molecular weight excluding hydrogens is 202 g/mol. The van der Waals surface area contributed by atoms with Crippen molar-refractivity contribution in [3.63, 3.8) is 0 Å². The number of ketones is 1. The first kappa shape index (κ1) is 10.8. The zero-order valence-corrected chi connectivity index (χ0v) is 8.85. The Labute approximate surface area is 85.6 Å². The Kier molecular flexibility index (Phi) is 3.35. The summed E-state index contributed by atoms with van der Waals surface area (Å²) < 4.78 is 0. The van der Waals surface area contributed by atoms with Crippen molar-refractivity contribution < 1.29 is 14.7 Å². The molecule has 1 aromatic heterocycles. The number of Topliss-reactive ketones (excluding diaryl/α,β-unsaturated/α-hetero) is 1. The summed E-state index contributed by atoms with van der Waals surface area (Å²) in [7, 11) is 0. The first-order valence-corrected chi connectivity index (χ1v) is 5.01. The number of carbonyl (C=O) groups is 2. The highest BCUT2D eigenvalue weighted by Crippen LogP contribution is 2.18. The van der Waals surface area contributed by atoms with Gasteiger partial charge in [-0.2, -0.15) is 0 Å². The third-order valence-corrected chi connectivity index (χ3v) is 2.62. The molecule has 0 amide bonds. The van der Waals surface area contributed by atoms with E-state index in [9.17, 15) is 9.59 Å². The van der Waals surface area contributed by atoms with Gasteiger partial charge in [-0.15, -0.1) is 11.3 Å². The lowest BCUT2D eigenvalue weighted by Gasteiger charge is -1.95. The normalized spacial score (nSPS) is 10.1. The lowest BCUT2D eigenvalue weighted by molar-refractivity contribution is -0.136.